The normalized spacial score (nSPS) is 48.2. The molecule has 4 saturated carbocycles. The molecule has 6 rings (SSSR count). The second-order valence-corrected chi connectivity index (χ2v) is 14.5. The molecule has 12 atom stereocenters. The monoisotopic (exact) mass is 618 g/mol. The van der Waals surface area contributed by atoms with Crippen molar-refractivity contribution in [2.24, 2.45) is 28.6 Å². The molecule has 5 fully saturated rings. The number of carbonyl (C=O) groups is 4. The number of hydrogen-bond acceptors (Lipinski definition) is 11. The van der Waals surface area contributed by atoms with Crippen molar-refractivity contribution in [1.82, 2.24) is 0 Å². The maximum atomic E-state index is 13.1. The molecule has 0 amide bonds. The van der Waals surface area contributed by atoms with E-state index in [-0.39, 0.29) is 43.2 Å². The summed E-state index contributed by atoms with van der Waals surface area (Å²) in [6, 6.07) is 0. The molecule has 4 aliphatic carbocycles. The van der Waals surface area contributed by atoms with Gasteiger partial charge in [-0.05, 0) is 81.6 Å². The van der Waals surface area contributed by atoms with Gasteiger partial charge in [0.1, 0.15) is 19.0 Å². The van der Waals surface area contributed by atoms with Crippen LogP contribution in [-0.4, -0.2) is 82.9 Å². The first kappa shape index (κ1) is 31.6. The van der Waals surface area contributed by atoms with Gasteiger partial charge in [-0.2, -0.15) is 0 Å². The van der Waals surface area contributed by atoms with Crippen LogP contribution in [0.25, 0.3) is 0 Å². The first-order valence-electron chi connectivity index (χ1n) is 16.2. The van der Waals surface area contributed by atoms with Crippen LogP contribution < -0.4 is 0 Å². The summed E-state index contributed by atoms with van der Waals surface area (Å²) < 4.78 is 28.5. The van der Waals surface area contributed by atoms with Crippen molar-refractivity contribution in [1.29, 1.82) is 0 Å². The van der Waals surface area contributed by atoms with Crippen LogP contribution in [0.3, 0.4) is 0 Å². The lowest BCUT2D eigenvalue weighted by Crippen LogP contribution is -2.69. The van der Waals surface area contributed by atoms with Gasteiger partial charge in [0.2, 0.25) is 0 Å². The summed E-state index contributed by atoms with van der Waals surface area (Å²) in [6.45, 7) is 6.72. The molecule has 0 aromatic rings. The van der Waals surface area contributed by atoms with Gasteiger partial charge in [-0.1, -0.05) is 6.92 Å². The van der Waals surface area contributed by atoms with Gasteiger partial charge in [0.15, 0.2) is 12.4 Å². The van der Waals surface area contributed by atoms with E-state index in [2.05, 4.69) is 6.92 Å². The zero-order valence-corrected chi connectivity index (χ0v) is 26.1. The predicted octanol–water partition coefficient (Wildman–Crippen LogP) is 2.92. The summed E-state index contributed by atoms with van der Waals surface area (Å²) in [5, 5.41) is 24.7. The van der Waals surface area contributed by atoms with Crippen LogP contribution in [0.4, 0.5) is 0 Å². The second kappa shape index (κ2) is 11.2. The van der Waals surface area contributed by atoms with E-state index < -0.39 is 64.7 Å². The van der Waals surface area contributed by atoms with Crippen molar-refractivity contribution in [3.8, 4) is 0 Å². The molecular weight excluding hydrogens is 572 g/mol. The lowest BCUT2D eigenvalue weighted by atomic mass is 9.41. The van der Waals surface area contributed by atoms with Crippen molar-refractivity contribution < 1.29 is 53.1 Å². The van der Waals surface area contributed by atoms with E-state index in [4.69, 9.17) is 23.7 Å². The summed E-state index contributed by atoms with van der Waals surface area (Å²) in [4.78, 5) is 48.4. The van der Waals surface area contributed by atoms with E-state index >= 15 is 0 Å². The van der Waals surface area contributed by atoms with Crippen molar-refractivity contribution in [3.05, 3.63) is 11.6 Å². The quantitative estimate of drug-likeness (QED) is 0.195. The smallest absolute Gasteiger partial charge is 0.331 e. The van der Waals surface area contributed by atoms with E-state index in [1.165, 1.54) is 13.8 Å². The highest BCUT2D eigenvalue weighted by atomic mass is 16.7. The molecule has 0 radical (unpaired) electrons. The van der Waals surface area contributed by atoms with Crippen molar-refractivity contribution in [2.75, 3.05) is 6.61 Å². The third-order valence-electron chi connectivity index (χ3n) is 12.4. The molecule has 2 heterocycles. The molecule has 0 spiro atoms. The third-order valence-corrected chi connectivity index (χ3v) is 12.4. The molecule has 2 aliphatic heterocycles. The molecule has 1 saturated heterocycles. The van der Waals surface area contributed by atoms with Gasteiger partial charge in [-0.15, -0.1) is 0 Å². The van der Waals surface area contributed by atoms with Crippen LogP contribution >= 0.6 is 0 Å². The first-order valence-corrected chi connectivity index (χ1v) is 16.2. The Bertz CT molecular complexity index is 1230. The molecule has 2 N–H and O–H groups in total. The molecule has 11 heteroatoms. The molecular formula is C33H46O11. The standard InChI is InChI=1S/C33H46O11/c1-18-29(43-20(3)36)26(42-19(2)35)14-28(41-18)44-22-5-10-31(17-34)24-6-9-30(4)23(21-13-27(37)40-16-21)8-12-33(30,39)25(24)7-11-32(31,38)15-22/h13,17-18,22-26,28-29,38-39H,5-12,14-16H2,1-4H3. The van der Waals surface area contributed by atoms with E-state index in [0.29, 0.717) is 44.9 Å². The average molecular weight is 619 g/mol. The fraction of sp³-hybridized carbons (Fsp3) is 0.818. The lowest BCUT2D eigenvalue weighted by molar-refractivity contribution is -0.288. The number of hydrogen-bond donors (Lipinski definition) is 2. The zero-order chi connectivity index (χ0) is 31.7. The fourth-order valence-corrected chi connectivity index (χ4v) is 10.4. The van der Waals surface area contributed by atoms with Gasteiger partial charge < -0.3 is 38.7 Å². The number of aliphatic hydroxyl groups is 2. The highest BCUT2D eigenvalue weighted by molar-refractivity contribution is 5.85. The summed E-state index contributed by atoms with van der Waals surface area (Å²) in [6.07, 6.45) is 4.39. The molecule has 0 aromatic heterocycles. The van der Waals surface area contributed by atoms with E-state index in [1.54, 1.807) is 13.0 Å². The number of ether oxygens (including phenoxy) is 5. The molecule has 0 bridgehead atoms. The summed E-state index contributed by atoms with van der Waals surface area (Å²) in [5.74, 6) is -1.59. The number of esters is 3. The number of carbonyl (C=O) groups excluding carboxylic acids is 4. The Balaban J connectivity index is 1.18. The Morgan fingerprint density at radius 1 is 1.00 bits per heavy atom. The lowest BCUT2D eigenvalue weighted by Gasteiger charge is -2.65. The second-order valence-electron chi connectivity index (χ2n) is 14.5. The Morgan fingerprint density at radius 2 is 1.73 bits per heavy atom. The fourth-order valence-electron chi connectivity index (χ4n) is 10.4. The topological polar surface area (TPSA) is 155 Å². The van der Waals surface area contributed by atoms with E-state index in [1.807, 2.05) is 0 Å². The number of aldehydes is 1. The number of cyclic esters (lactones) is 1. The number of rotatable bonds is 6. The van der Waals surface area contributed by atoms with Crippen LogP contribution in [0, 0.1) is 28.6 Å². The van der Waals surface area contributed by atoms with Crippen LogP contribution in [0.5, 0.6) is 0 Å². The van der Waals surface area contributed by atoms with E-state index in [9.17, 15) is 29.4 Å². The van der Waals surface area contributed by atoms with Gasteiger partial charge in [-0.3, -0.25) is 9.59 Å². The van der Waals surface area contributed by atoms with Crippen LogP contribution in [0.2, 0.25) is 0 Å². The largest absolute Gasteiger partial charge is 0.458 e. The predicted molar refractivity (Wildman–Crippen MR) is 153 cm³/mol. The maximum absolute atomic E-state index is 13.1. The Kier molecular flexibility index (Phi) is 8.03. The first-order chi connectivity index (χ1) is 20.7. The molecule has 244 valence electrons. The minimum atomic E-state index is -1.30. The Morgan fingerprint density at radius 3 is 2.39 bits per heavy atom. The molecule has 6 aliphatic rings. The average Bonchev–Trinajstić information content (AvgIpc) is 3.49. The summed E-state index contributed by atoms with van der Waals surface area (Å²) >= 11 is 0. The minimum absolute atomic E-state index is 0.0474. The van der Waals surface area contributed by atoms with Crippen molar-refractivity contribution >= 4 is 24.2 Å². The van der Waals surface area contributed by atoms with Crippen LogP contribution in [-0.2, 0) is 42.9 Å². The Hall–Kier alpha value is -2.34. The third kappa shape index (κ3) is 4.84. The Labute approximate surface area is 257 Å². The molecule has 44 heavy (non-hydrogen) atoms. The molecule has 11 nitrogen and oxygen atoms in total. The van der Waals surface area contributed by atoms with Crippen molar-refractivity contribution in [3.63, 3.8) is 0 Å². The van der Waals surface area contributed by atoms with Gasteiger partial charge in [0.05, 0.1) is 28.8 Å². The molecule has 0 aromatic carbocycles. The summed E-state index contributed by atoms with van der Waals surface area (Å²) in [5.41, 5.74) is -2.79. The van der Waals surface area contributed by atoms with Gasteiger partial charge in [-0.25, -0.2) is 4.79 Å². The minimum Gasteiger partial charge on any atom is -0.458 e. The highest BCUT2D eigenvalue weighted by Gasteiger charge is 2.71. The zero-order valence-electron chi connectivity index (χ0n) is 26.1. The molecule has 12 unspecified atom stereocenters. The summed E-state index contributed by atoms with van der Waals surface area (Å²) in [7, 11) is 0. The SMILES string of the molecule is CC(=O)OC1CC(OC2CCC3(C=O)C4CCC5(C)C(C6=CC(=O)OC6)CCC5(O)C4CCC3(O)C2)OC(C)C1OC(C)=O. The van der Waals surface area contributed by atoms with Gasteiger partial charge >= 0.3 is 17.9 Å². The van der Waals surface area contributed by atoms with Gasteiger partial charge in [0.25, 0.3) is 0 Å². The van der Waals surface area contributed by atoms with E-state index in [0.717, 1.165) is 18.3 Å². The van der Waals surface area contributed by atoms with Gasteiger partial charge in [0, 0.05) is 38.2 Å². The number of fused-ring (bicyclic) bond motifs is 5. The maximum Gasteiger partial charge on any atom is 0.331 e. The highest BCUT2D eigenvalue weighted by Crippen LogP contribution is 2.70. The van der Waals surface area contributed by atoms with Crippen molar-refractivity contribution in [2.45, 2.75) is 134 Å². The van der Waals surface area contributed by atoms with Crippen LogP contribution in [0.1, 0.15) is 91.9 Å². The van der Waals surface area contributed by atoms with Crippen LogP contribution in [0.15, 0.2) is 11.6 Å².